The normalized spacial score (nSPS) is 17.4. The van der Waals surface area contributed by atoms with Crippen LogP contribution in [-0.4, -0.2) is 28.3 Å². The molecule has 1 heterocycles. The number of ketones is 1. The van der Waals surface area contributed by atoms with E-state index in [9.17, 15) is 14.7 Å². The monoisotopic (exact) mass is 461 g/mol. The maximum Gasteiger partial charge on any atom is 0.295 e. The lowest BCUT2D eigenvalue weighted by atomic mass is 9.95. The van der Waals surface area contributed by atoms with Crippen LogP contribution in [0.15, 0.2) is 84.4 Å². The average Bonchev–Trinajstić information content (AvgIpc) is 3.08. The van der Waals surface area contributed by atoms with Crippen LogP contribution in [0.5, 0.6) is 5.75 Å². The lowest BCUT2D eigenvalue weighted by molar-refractivity contribution is -0.140. The molecule has 3 aromatic carbocycles. The Kier molecular flexibility index (Phi) is 6.80. The maximum atomic E-state index is 13.1. The fourth-order valence-electron chi connectivity index (χ4n) is 3.90. The van der Waals surface area contributed by atoms with Crippen molar-refractivity contribution in [2.75, 3.05) is 6.61 Å². The van der Waals surface area contributed by atoms with Crippen LogP contribution < -0.4 is 4.74 Å². The predicted octanol–water partition coefficient (Wildman–Crippen LogP) is 5.75. The van der Waals surface area contributed by atoms with E-state index in [2.05, 4.69) is 0 Å². The Hall–Kier alpha value is -3.57. The van der Waals surface area contributed by atoms with Crippen molar-refractivity contribution in [3.8, 4) is 5.75 Å². The van der Waals surface area contributed by atoms with Gasteiger partial charge in [0.25, 0.3) is 11.7 Å². The maximum absolute atomic E-state index is 13.1. The van der Waals surface area contributed by atoms with E-state index in [0.717, 1.165) is 12.0 Å². The van der Waals surface area contributed by atoms with Gasteiger partial charge in [-0.25, -0.2) is 0 Å². The van der Waals surface area contributed by atoms with Gasteiger partial charge in [-0.05, 0) is 53.9 Å². The smallest absolute Gasteiger partial charge is 0.295 e. The molecule has 0 radical (unpaired) electrons. The van der Waals surface area contributed by atoms with Crippen LogP contribution >= 0.6 is 11.6 Å². The molecule has 5 nitrogen and oxygen atoms in total. The molecule has 1 aliphatic rings. The number of ether oxygens (including phenoxy) is 1. The van der Waals surface area contributed by atoms with E-state index in [1.165, 1.54) is 4.90 Å². The van der Waals surface area contributed by atoms with E-state index < -0.39 is 17.7 Å². The highest BCUT2D eigenvalue weighted by Crippen LogP contribution is 2.40. The zero-order valence-corrected chi connectivity index (χ0v) is 19.0. The van der Waals surface area contributed by atoms with Crippen molar-refractivity contribution in [3.05, 3.63) is 106 Å². The van der Waals surface area contributed by atoms with Crippen molar-refractivity contribution in [2.45, 2.75) is 25.9 Å². The standard InChI is InChI=1S/C27H24ClNO4/c1-2-16-33-22-14-10-20(11-15-22)25(30)23-24(19-8-12-21(28)13-9-19)29(27(32)26(23)31)17-18-6-4-3-5-7-18/h3-15,24,30H,2,16-17H2,1H3/b25-23+. The third-order valence-electron chi connectivity index (χ3n) is 5.52. The van der Waals surface area contributed by atoms with Gasteiger partial charge in [-0.1, -0.05) is 61.0 Å². The molecule has 3 aromatic rings. The number of hydrogen-bond acceptors (Lipinski definition) is 4. The highest BCUT2D eigenvalue weighted by atomic mass is 35.5. The molecule has 0 aliphatic carbocycles. The first kappa shape index (κ1) is 22.6. The van der Waals surface area contributed by atoms with E-state index in [-0.39, 0.29) is 17.9 Å². The molecule has 0 spiro atoms. The molecule has 0 aromatic heterocycles. The lowest BCUT2D eigenvalue weighted by Gasteiger charge is -2.25. The van der Waals surface area contributed by atoms with E-state index in [1.54, 1.807) is 48.5 Å². The molecule has 1 atom stereocenters. The van der Waals surface area contributed by atoms with Crippen LogP contribution in [0.2, 0.25) is 5.02 Å². The second-order valence-corrected chi connectivity index (χ2v) is 8.27. The van der Waals surface area contributed by atoms with Crippen molar-refractivity contribution >= 4 is 29.1 Å². The van der Waals surface area contributed by atoms with Gasteiger partial charge in [0.1, 0.15) is 11.5 Å². The van der Waals surface area contributed by atoms with Crippen molar-refractivity contribution in [2.24, 2.45) is 0 Å². The molecule has 0 saturated carbocycles. The first-order valence-electron chi connectivity index (χ1n) is 10.8. The van der Waals surface area contributed by atoms with Gasteiger partial charge in [-0.15, -0.1) is 0 Å². The van der Waals surface area contributed by atoms with Gasteiger partial charge in [0, 0.05) is 17.1 Å². The predicted molar refractivity (Wildman–Crippen MR) is 128 cm³/mol. The minimum atomic E-state index is -0.738. The summed E-state index contributed by atoms with van der Waals surface area (Å²) in [6.07, 6.45) is 0.883. The summed E-state index contributed by atoms with van der Waals surface area (Å²) >= 11 is 6.07. The minimum absolute atomic E-state index is 0.0560. The van der Waals surface area contributed by atoms with Crippen molar-refractivity contribution in [1.82, 2.24) is 4.90 Å². The van der Waals surface area contributed by atoms with Crippen LogP contribution in [0.1, 0.15) is 36.1 Å². The fourth-order valence-corrected chi connectivity index (χ4v) is 4.03. The summed E-state index contributed by atoms with van der Waals surface area (Å²) < 4.78 is 5.60. The van der Waals surface area contributed by atoms with Gasteiger partial charge < -0.3 is 14.7 Å². The third-order valence-corrected chi connectivity index (χ3v) is 5.77. The summed E-state index contributed by atoms with van der Waals surface area (Å²) in [4.78, 5) is 27.7. The number of halogens is 1. The number of rotatable bonds is 7. The second kappa shape index (κ2) is 9.92. The molecule has 1 N–H and O–H groups in total. The Labute approximate surface area is 197 Å². The van der Waals surface area contributed by atoms with Crippen LogP contribution in [0.4, 0.5) is 0 Å². The topological polar surface area (TPSA) is 66.8 Å². The number of aliphatic hydroxyl groups is 1. The minimum Gasteiger partial charge on any atom is -0.507 e. The number of hydrogen-bond donors (Lipinski definition) is 1. The molecular weight excluding hydrogens is 438 g/mol. The van der Waals surface area contributed by atoms with Gasteiger partial charge in [0.2, 0.25) is 0 Å². The zero-order chi connectivity index (χ0) is 23.4. The zero-order valence-electron chi connectivity index (χ0n) is 18.2. The Morgan fingerprint density at radius 3 is 2.27 bits per heavy atom. The molecule has 33 heavy (non-hydrogen) atoms. The molecule has 168 valence electrons. The van der Waals surface area contributed by atoms with Gasteiger partial charge in [-0.2, -0.15) is 0 Å². The van der Waals surface area contributed by atoms with Gasteiger partial charge in [0.15, 0.2) is 0 Å². The van der Waals surface area contributed by atoms with Gasteiger partial charge in [-0.3, -0.25) is 9.59 Å². The molecule has 4 rings (SSSR count). The summed E-state index contributed by atoms with van der Waals surface area (Å²) in [6.45, 7) is 2.84. The number of likely N-dealkylation sites (tertiary alicyclic amines) is 1. The summed E-state index contributed by atoms with van der Waals surface area (Å²) in [6, 6.07) is 22.5. The van der Waals surface area contributed by atoms with E-state index in [0.29, 0.717) is 28.5 Å². The number of amides is 1. The van der Waals surface area contributed by atoms with Crippen LogP contribution in [-0.2, 0) is 16.1 Å². The Bertz CT molecular complexity index is 1170. The van der Waals surface area contributed by atoms with Crippen molar-refractivity contribution < 1.29 is 19.4 Å². The number of carbonyl (C=O) groups is 2. The highest BCUT2D eigenvalue weighted by molar-refractivity contribution is 6.46. The SMILES string of the molecule is CCCOc1ccc(/C(O)=C2\C(=O)C(=O)N(Cc3ccccc3)C2c2ccc(Cl)cc2)cc1. The first-order chi connectivity index (χ1) is 16.0. The van der Waals surface area contributed by atoms with E-state index >= 15 is 0 Å². The summed E-state index contributed by atoms with van der Waals surface area (Å²) in [5.74, 6) is -0.906. The molecule has 1 aliphatic heterocycles. The molecule has 1 amide bonds. The van der Waals surface area contributed by atoms with Crippen LogP contribution in [0.3, 0.4) is 0 Å². The highest BCUT2D eigenvalue weighted by Gasteiger charge is 2.46. The Balaban J connectivity index is 1.78. The van der Waals surface area contributed by atoms with Crippen LogP contribution in [0, 0.1) is 0 Å². The Morgan fingerprint density at radius 1 is 0.970 bits per heavy atom. The van der Waals surface area contributed by atoms with Crippen molar-refractivity contribution in [1.29, 1.82) is 0 Å². The summed E-state index contributed by atoms with van der Waals surface area (Å²) in [7, 11) is 0. The van der Waals surface area contributed by atoms with E-state index in [4.69, 9.17) is 16.3 Å². The number of aliphatic hydroxyl groups excluding tert-OH is 1. The number of nitrogens with zero attached hydrogens (tertiary/aromatic N) is 1. The van der Waals surface area contributed by atoms with Crippen molar-refractivity contribution in [3.63, 3.8) is 0 Å². The summed E-state index contributed by atoms with van der Waals surface area (Å²) in [5.41, 5.74) is 2.07. The number of Topliss-reactive ketones (excluding diaryl/α,β-unsaturated/α-hetero) is 1. The van der Waals surface area contributed by atoms with Gasteiger partial charge >= 0.3 is 0 Å². The molecule has 0 bridgehead atoms. The van der Waals surface area contributed by atoms with E-state index in [1.807, 2.05) is 37.3 Å². The number of carbonyl (C=O) groups excluding carboxylic acids is 2. The Morgan fingerprint density at radius 2 is 1.64 bits per heavy atom. The first-order valence-corrected chi connectivity index (χ1v) is 11.2. The average molecular weight is 462 g/mol. The third kappa shape index (κ3) is 4.78. The quantitative estimate of drug-likeness (QED) is 0.276. The second-order valence-electron chi connectivity index (χ2n) is 7.84. The molecule has 6 heteroatoms. The largest absolute Gasteiger partial charge is 0.507 e. The summed E-state index contributed by atoms with van der Waals surface area (Å²) in [5, 5.41) is 11.7. The number of benzene rings is 3. The molecular formula is C27H24ClNO4. The lowest BCUT2D eigenvalue weighted by Crippen LogP contribution is -2.29. The van der Waals surface area contributed by atoms with Gasteiger partial charge in [0.05, 0.1) is 18.2 Å². The molecule has 1 unspecified atom stereocenters. The van der Waals surface area contributed by atoms with Crippen LogP contribution in [0.25, 0.3) is 5.76 Å². The fraction of sp³-hybridized carbons (Fsp3) is 0.185. The molecule has 1 saturated heterocycles. The molecule has 1 fully saturated rings.